The molecule has 2 bridgehead atoms. The summed E-state index contributed by atoms with van der Waals surface area (Å²) in [5.74, 6) is -0.389. The number of ether oxygens (including phenoxy) is 3. The molecule has 4 atom stereocenters. The molecule has 0 radical (unpaired) electrons. The molecule has 3 aromatic rings. The van der Waals surface area contributed by atoms with Crippen LogP contribution in [0.1, 0.15) is 66.6 Å². The molecule has 3 fully saturated rings. The molecule has 14 heteroatoms. The van der Waals surface area contributed by atoms with E-state index < -0.39 is 24.1 Å². The third kappa shape index (κ3) is 6.59. The number of hydrogen-bond donors (Lipinski definition) is 1. The van der Waals surface area contributed by atoms with E-state index in [0.717, 1.165) is 37.3 Å². The number of esters is 1. The quantitative estimate of drug-likeness (QED) is 0.242. The lowest BCUT2D eigenvalue weighted by atomic mass is 9.97. The van der Waals surface area contributed by atoms with Crippen molar-refractivity contribution in [2.24, 2.45) is 5.92 Å². The monoisotopic (exact) mass is 667 g/mol. The molecule has 2 aromatic carbocycles. The standard InChI is InChI=1S/C31H30Cl2F3N3O6/c1-15-10-18-12-19(43-14-20-27(38-45-28(20)16-6-7-16)26-21(32)4-3-5-22(26)33)13-24(15)39(18)30(41)37-23-9-8-17(29(40)42-2)11-25(23)44-31(34,35)36/h3-5,8-9,11,15-16,18-19,24H,6-7,10,12-14H2,1-2H3,(H,37,41)/t15-,18?,19+,24?/m1/s1. The summed E-state index contributed by atoms with van der Waals surface area (Å²) in [5, 5.41) is 7.79. The van der Waals surface area contributed by atoms with Crippen LogP contribution >= 0.6 is 23.2 Å². The summed E-state index contributed by atoms with van der Waals surface area (Å²) in [7, 11) is 1.11. The van der Waals surface area contributed by atoms with Crippen molar-refractivity contribution in [1.82, 2.24) is 10.1 Å². The molecular weight excluding hydrogens is 638 g/mol. The number of methoxy groups -OCH3 is 1. The Morgan fingerprint density at radius 1 is 1.11 bits per heavy atom. The van der Waals surface area contributed by atoms with Crippen molar-refractivity contribution in [2.45, 2.75) is 76.1 Å². The van der Waals surface area contributed by atoms with E-state index in [9.17, 15) is 22.8 Å². The summed E-state index contributed by atoms with van der Waals surface area (Å²) < 4.78 is 60.4. The Labute approximate surface area is 266 Å². The van der Waals surface area contributed by atoms with Gasteiger partial charge in [-0.2, -0.15) is 0 Å². The van der Waals surface area contributed by atoms with Gasteiger partial charge in [-0.15, -0.1) is 13.2 Å². The second-order valence-electron chi connectivity index (χ2n) is 11.7. The van der Waals surface area contributed by atoms with Crippen LogP contribution in [0.4, 0.5) is 23.7 Å². The lowest BCUT2D eigenvalue weighted by molar-refractivity contribution is -0.274. The molecule has 3 heterocycles. The van der Waals surface area contributed by atoms with Crippen molar-refractivity contribution in [1.29, 1.82) is 0 Å². The van der Waals surface area contributed by atoms with Gasteiger partial charge in [0.05, 0.1) is 41.1 Å². The number of piperidine rings is 1. The molecule has 2 saturated heterocycles. The fraction of sp³-hybridized carbons (Fsp3) is 0.452. The van der Waals surface area contributed by atoms with Gasteiger partial charge in [0.2, 0.25) is 0 Å². The van der Waals surface area contributed by atoms with Crippen molar-refractivity contribution in [2.75, 3.05) is 12.4 Å². The van der Waals surface area contributed by atoms with Gasteiger partial charge < -0.3 is 29.0 Å². The minimum Gasteiger partial charge on any atom is -0.465 e. The maximum atomic E-state index is 13.5. The molecule has 2 unspecified atom stereocenters. The van der Waals surface area contributed by atoms with Crippen LogP contribution < -0.4 is 10.1 Å². The van der Waals surface area contributed by atoms with E-state index in [-0.39, 0.29) is 47.9 Å². The molecule has 2 aliphatic heterocycles. The van der Waals surface area contributed by atoms with Crippen molar-refractivity contribution in [3.05, 3.63) is 63.3 Å². The first-order valence-corrected chi connectivity index (χ1v) is 15.3. The fourth-order valence-corrected chi connectivity index (χ4v) is 7.01. The number of rotatable bonds is 8. The molecule has 1 N–H and O–H groups in total. The van der Waals surface area contributed by atoms with E-state index in [4.69, 9.17) is 32.5 Å². The first kappa shape index (κ1) is 31.5. The van der Waals surface area contributed by atoms with Crippen LogP contribution in [0, 0.1) is 5.92 Å². The molecule has 1 saturated carbocycles. The number of amides is 2. The van der Waals surface area contributed by atoms with Crippen LogP contribution in [-0.4, -0.2) is 53.7 Å². The summed E-state index contributed by atoms with van der Waals surface area (Å²) in [6.45, 7) is 2.26. The molecule has 0 spiro atoms. The number of fused-ring (bicyclic) bond motifs is 2. The van der Waals surface area contributed by atoms with Crippen LogP contribution in [0.2, 0.25) is 10.0 Å². The third-order valence-electron chi connectivity index (χ3n) is 8.62. The smallest absolute Gasteiger partial charge is 0.465 e. The lowest BCUT2D eigenvalue weighted by Gasteiger charge is -2.39. The Morgan fingerprint density at radius 3 is 2.49 bits per heavy atom. The molecule has 240 valence electrons. The zero-order chi connectivity index (χ0) is 32.0. The highest BCUT2D eigenvalue weighted by molar-refractivity contribution is 6.39. The molecule has 6 rings (SSSR count). The highest BCUT2D eigenvalue weighted by Gasteiger charge is 2.48. The highest BCUT2D eigenvalue weighted by Crippen LogP contribution is 2.47. The van der Waals surface area contributed by atoms with Gasteiger partial charge in [-0.3, -0.25) is 0 Å². The van der Waals surface area contributed by atoms with Crippen molar-refractivity contribution in [3.8, 4) is 17.0 Å². The van der Waals surface area contributed by atoms with Gasteiger partial charge in [-0.05, 0) is 68.4 Å². The molecule has 1 aromatic heterocycles. The molecule has 9 nitrogen and oxygen atoms in total. The number of halogens is 5. The Hall–Kier alpha value is -3.48. The normalized spacial score (nSPS) is 22.8. The second-order valence-corrected chi connectivity index (χ2v) is 12.5. The number of anilines is 1. The second kappa shape index (κ2) is 12.4. The molecule has 2 amide bonds. The fourth-order valence-electron chi connectivity index (χ4n) is 6.43. The number of benzene rings is 2. The summed E-state index contributed by atoms with van der Waals surface area (Å²) in [4.78, 5) is 27.1. The van der Waals surface area contributed by atoms with Crippen LogP contribution in [0.3, 0.4) is 0 Å². The highest BCUT2D eigenvalue weighted by atomic mass is 35.5. The largest absolute Gasteiger partial charge is 0.573 e. The van der Waals surface area contributed by atoms with Gasteiger partial charge in [-0.25, -0.2) is 9.59 Å². The first-order valence-electron chi connectivity index (χ1n) is 14.5. The summed E-state index contributed by atoms with van der Waals surface area (Å²) in [5.41, 5.74) is 1.57. The zero-order valence-corrected chi connectivity index (χ0v) is 25.8. The minimum atomic E-state index is -5.04. The molecular formula is C31H30Cl2F3N3O6. The number of nitrogens with one attached hydrogen (secondary N) is 1. The van der Waals surface area contributed by atoms with Gasteiger partial charge in [0, 0.05) is 29.1 Å². The molecule has 3 aliphatic rings. The SMILES string of the molecule is COC(=O)c1ccc(NC(=O)N2C3C[C@H](OCc4c(-c5c(Cl)cccc5Cl)noc4C4CC4)CC2[C@H](C)C3)c(OC(F)(F)F)c1. The number of carbonyl (C=O) groups excluding carboxylic acids is 2. The maximum absolute atomic E-state index is 13.5. The number of nitrogens with zero attached hydrogens (tertiary/aromatic N) is 2. The summed E-state index contributed by atoms with van der Waals surface area (Å²) in [6, 6.07) is 7.60. The lowest BCUT2D eigenvalue weighted by Crippen LogP contribution is -2.51. The predicted octanol–water partition coefficient (Wildman–Crippen LogP) is 8.20. The number of carbonyl (C=O) groups is 2. The van der Waals surface area contributed by atoms with Crippen LogP contribution in [0.5, 0.6) is 5.75 Å². The Balaban J connectivity index is 1.17. The van der Waals surface area contributed by atoms with Crippen molar-refractivity contribution >= 4 is 40.9 Å². The van der Waals surface area contributed by atoms with E-state index in [1.54, 1.807) is 23.1 Å². The first-order chi connectivity index (χ1) is 21.4. The predicted molar refractivity (Wildman–Crippen MR) is 158 cm³/mol. The Kier molecular flexibility index (Phi) is 8.66. The Morgan fingerprint density at radius 2 is 1.84 bits per heavy atom. The number of aromatic nitrogens is 1. The Bertz CT molecular complexity index is 1590. The van der Waals surface area contributed by atoms with Crippen LogP contribution in [-0.2, 0) is 16.1 Å². The average Bonchev–Trinajstić information content (AvgIpc) is 3.70. The van der Waals surface area contributed by atoms with Gasteiger partial charge in [-0.1, -0.05) is 41.3 Å². The number of urea groups is 1. The van der Waals surface area contributed by atoms with E-state index in [0.29, 0.717) is 40.6 Å². The van der Waals surface area contributed by atoms with E-state index in [1.165, 1.54) is 12.1 Å². The van der Waals surface area contributed by atoms with E-state index in [1.807, 2.05) is 6.92 Å². The van der Waals surface area contributed by atoms with Gasteiger partial charge >= 0.3 is 18.4 Å². The summed E-state index contributed by atoms with van der Waals surface area (Å²) in [6.07, 6.45) is -1.46. The zero-order valence-electron chi connectivity index (χ0n) is 24.3. The molecule has 45 heavy (non-hydrogen) atoms. The van der Waals surface area contributed by atoms with Gasteiger partial charge in [0.15, 0.2) is 5.75 Å². The topological polar surface area (TPSA) is 103 Å². The average molecular weight is 668 g/mol. The summed E-state index contributed by atoms with van der Waals surface area (Å²) >= 11 is 13.0. The molecule has 1 aliphatic carbocycles. The van der Waals surface area contributed by atoms with Gasteiger partial charge in [0.25, 0.3) is 0 Å². The number of hydrogen-bond acceptors (Lipinski definition) is 7. The maximum Gasteiger partial charge on any atom is 0.573 e. The van der Waals surface area contributed by atoms with E-state index >= 15 is 0 Å². The van der Waals surface area contributed by atoms with Crippen LogP contribution in [0.15, 0.2) is 40.9 Å². The van der Waals surface area contributed by atoms with Crippen LogP contribution in [0.25, 0.3) is 11.3 Å². The minimum absolute atomic E-state index is 0.136. The van der Waals surface area contributed by atoms with E-state index in [2.05, 4.69) is 19.9 Å². The van der Waals surface area contributed by atoms with Gasteiger partial charge in [0.1, 0.15) is 11.5 Å². The number of alkyl halides is 3. The van der Waals surface area contributed by atoms with Crippen molar-refractivity contribution < 1.29 is 41.5 Å². The third-order valence-corrected chi connectivity index (χ3v) is 9.25. The van der Waals surface area contributed by atoms with Crippen molar-refractivity contribution in [3.63, 3.8) is 0 Å².